The van der Waals surface area contributed by atoms with Gasteiger partial charge < -0.3 is 14.0 Å². The number of methoxy groups -OCH3 is 1. The molecule has 0 radical (unpaired) electrons. The standard InChI is InChI=1S/C25H23FN2O2/c1-3-6-18-11-14-23(24(15-18)29-2)30-17-25-27-21-7-4-5-8-22(21)28(25)16-19-9-12-20(26)13-10-19/h3-15H,16-17H2,1-2H3/b6-3-. The Balaban J connectivity index is 1.63. The van der Waals surface area contributed by atoms with E-state index in [1.807, 2.05) is 61.5 Å². The number of para-hydroxylation sites is 2. The Labute approximate surface area is 175 Å². The number of fused-ring (bicyclic) bond motifs is 1. The monoisotopic (exact) mass is 402 g/mol. The lowest BCUT2D eigenvalue weighted by Gasteiger charge is -2.13. The Morgan fingerprint density at radius 2 is 1.80 bits per heavy atom. The number of allylic oxidation sites excluding steroid dienone is 1. The van der Waals surface area contributed by atoms with E-state index in [4.69, 9.17) is 14.5 Å². The van der Waals surface area contributed by atoms with Gasteiger partial charge in [0.05, 0.1) is 18.1 Å². The van der Waals surface area contributed by atoms with Gasteiger partial charge in [0, 0.05) is 6.54 Å². The molecule has 0 atom stereocenters. The molecule has 0 aliphatic rings. The van der Waals surface area contributed by atoms with Crippen LogP contribution in [0, 0.1) is 5.82 Å². The van der Waals surface area contributed by atoms with E-state index in [9.17, 15) is 4.39 Å². The number of rotatable bonds is 7. The van der Waals surface area contributed by atoms with Gasteiger partial charge in [0.1, 0.15) is 18.2 Å². The zero-order valence-electron chi connectivity index (χ0n) is 17.0. The van der Waals surface area contributed by atoms with E-state index in [1.54, 1.807) is 19.2 Å². The van der Waals surface area contributed by atoms with E-state index >= 15 is 0 Å². The minimum absolute atomic E-state index is 0.244. The van der Waals surface area contributed by atoms with Crippen molar-refractivity contribution in [2.45, 2.75) is 20.1 Å². The van der Waals surface area contributed by atoms with Crippen molar-refractivity contribution in [3.05, 3.63) is 95.6 Å². The van der Waals surface area contributed by atoms with Gasteiger partial charge in [0.25, 0.3) is 0 Å². The molecule has 0 aliphatic carbocycles. The van der Waals surface area contributed by atoms with Crippen LogP contribution < -0.4 is 9.47 Å². The highest BCUT2D eigenvalue weighted by atomic mass is 19.1. The van der Waals surface area contributed by atoms with Crippen LogP contribution in [0.15, 0.2) is 72.8 Å². The zero-order valence-corrected chi connectivity index (χ0v) is 17.0. The van der Waals surface area contributed by atoms with Crippen LogP contribution in [0.25, 0.3) is 17.1 Å². The van der Waals surface area contributed by atoms with Gasteiger partial charge in [-0.1, -0.05) is 42.5 Å². The quantitative estimate of drug-likeness (QED) is 0.389. The molecule has 152 valence electrons. The van der Waals surface area contributed by atoms with E-state index in [-0.39, 0.29) is 12.4 Å². The minimum Gasteiger partial charge on any atom is -0.493 e. The molecule has 0 amide bonds. The number of nitrogens with zero attached hydrogens (tertiary/aromatic N) is 2. The van der Waals surface area contributed by atoms with Crippen LogP contribution in [0.3, 0.4) is 0 Å². The summed E-state index contributed by atoms with van der Waals surface area (Å²) in [4.78, 5) is 4.76. The Morgan fingerprint density at radius 3 is 2.57 bits per heavy atom. The second kappa shape index (κ2) is 8.82. The van der Waals surface area contributed by atoms with Crippen LogP contribution in [-0.4, -0.2) is 16.7 Å². The molecule has 0 unspecified atom stereocenters. The fraction of sp³-hybridized carbons (Fsp3) is 0.160. The number of aromatic nitrogens is 2. The maximum atomic E-state index is 13.3. The van der Waals surface area contributed by atoms with Crippen molar-refractivity contribution in [2.75, 3.05) is 7.11 Å². The molecule has 0 saturated heterocycles. The van der Waals surface area contributed by atoms with E-state index in [2.05, 4.69) is 4.57 Å². The van der Waals surface area contributed by atoms with Gasteiger partial charge in [-0.3, -0.25) is 0 Å². The van der Waals surface area contributed by atoms with Crippen LogP contribution in [0.2, 0.25) is 0 Å². The lowest BCUT2D eigenvalue weighted by atomic mass is 10.2. The van der Waals surface area contributed by atoms with Gasteiger partial charge in [-0.25, -0.2) is 9.37 Å². The Kier molecular flexibility index (Phi) is 5.80. The predicted octanol–water partition coefficient (Wildman–Crippen LogP) is 5.84. The van der Waals surface area contributed by atoms with Crippen molar-refractivity contribution in [3.63, 3.8) is 0 Å². The third kappa shape index (κ3) is 4.20. The summed E-state index contributed by atoms with van der Waals surface area (Å²) in [6.45, 7) is 2.84. The SMILES string of the molecule is C/C=C\c1ccc(OCc2nc3ccccc3n2Cc2ccc(F)cc2)c(OC)c1. The highest BCUT2D eigenvalue weighted by molar-refractivity contribution is 5.76. The highest BCUT2D eigenvalue weighted by Gasteiger charge is 2.13. The van der Waals surface area contributed by atoms with Gasteiger partial charge in [-0.05, 0) is 54.4 Å². The summed E-state index contributed by atoms with van der Waals surface area (Å²) in [5.74, 6) is 1.88. The highest BCUT2D eigenvalue weighted by Crippen LogP contribution is 2.30. The molecule has 5 heteroatoms. The number of halogens is 1. The molecule has 0 bridgehead atoms. The van der Waals surface area contributed by atoms with E-state index < -0.39 is 0 Å². The van der Waals surface area contributed by atoms with Crippen molar-refractivity contribution in [3.8, 4) is 11.5 Å². The first-order valence-corrected chi connectivity index (χ1v) is 9.80. The summed E-state index contributed by atoms with van der Waals surface area (Å²) in [7, 11) is 1.63. The minimum atomic E-state index is -0.244. The van der Waals surface area contributed by atoms with Crippen LogP contribution in [0.1, 0.15) is 23.9 Å². The maximum Gasteiger partial charge on any atom is 0.161 e. The topological polar surface area (TPSA) is 36.3 Å². The van der Waals surface area contributed by atoms with Gasteiger partial charge in [0.15, 0.2) is 11.5 Å². The Hall–Kier alpha value is -3.60. The van der Waals surface area contributed by atoms with Gasteiger partial charge in [-0.15, -0.1) is 0 Å². The smallest absolute Gasteiger partial charge is 0.161 e. The third-order valence-corrected chi connectivity index (χ3v) is 4.89. The molecular formula is C25H23FN2O2. The first-order valence-electron chi connectivity index (χ1n) is 9.80. The lowest BCUT2D eigenvalue weighted by molar-refractivity contribution is 0.273. The molecule has 4 rings (SSSR count). The van der Waals surface area contributed by atoms with Gasteiger partial charge >= 0.3 is 0 Å². The molecular weight excluding hydrogens is 379 g/mol. The summed E-state index contributed by atoms with van der Waals surface area (Å²) >= 11 is 0. The Morgan fingerprint density at radius 1 is 1.00 bits per heavy atom. The van der Waals surface area contributed by atoms with E-state index in [1.165, 1.54) is 12.1 Å². The molecule has 4 nitrogen and oxygen atoms in total. The molecule has 0 saturated carbocycles. The van der Waals surface area contributed by atoms with Crippen molar-refractivity contribution in [1.82, 2.24) is 9.55 Å². The largest absolute Gasteiger partial charge is 0.493 e. The van der Waals surface area contributed by atoms with Crippen molar-refractivity contribution < 1.29 is 13.9 Å². The number of benzene rings is 3. The normalized spacial score (nSPS) is 11.3. The number of ether oxygens (including phenoxy) is 2. The molecule has 3 aromatic carbocycles. The average molecular weight is 402 g/mol. The van der Waals surface area contributed by atoms with Crippen LogP contribution in [-0.2, 0) is 13.2 Å². The summed E-state index contributed by atoms with van der Waals surface area (Å²) < 4.78 is 27.0. The van der Waals surface area contributed by atoms with Crippen LogP contribution >= 0.6 is 0 Å². The second-order valence-corrected chi connectivity index (χ2v) is 6.93. The van der Waals surface area contributed by atoms with Crippen molar-refractivity contribution in [2.24, 2.45) is 0 Å². The van der Waals surface area contributed by atoms with Crippen molar-refractivity contribution in [1.29, 1.82) is 0 Å². The first-order chi connectivity index (χ1) is 14.7. The summed E-state index contributed by atoms with van der Waals surface area (Å²) in [5, 5.41) is 0. The average Bonchev–Trinajstić information content (AvgIpc) is 3.12. The summed E-state index contributed by atoms with van der Waals surface area (Å²) in [6.07, 6.45) is 3.99. The zero-order chi connectivity index (χ0) is 20.9. The molecule has 0 fully saturated rings. The molecule has 0 N–H and O–H groups in total. The van der Waals surface area contributed by atoms with Gasteiger partial charge in [-0.2, -0.15) is 0 Å². The molecule has 0 spiro atoms. The summed E-state index contributed by atoms with van der Waals surface area (Å²) in [5.41, 5.74) is 3.95. The summed E-state index contributed by atoms with van der Waals surface area (Å²) in [6, 6.07) is 20.3. The van der Waals surface area contributed by atoms with Gasteiger partial charge in [0.2, 0.25) is 0 Å². The fourth-order valence-corrected chi connectivity index (χ4v) is 3.43. The van der Waals surface area contributed by atoms with E-state index in [0.717, 1.165) is 28.0 Å². The molecule has 0 aliphatic heterocycles. The predicted molar refractivity (Wildman–Crippen MR) is 117 cm³/mol. The molecule has 1 heterocycles. The third-order valence-electron chi connectivity index (χ3n) is 4.89. The first kappa shape index (κ1) is 19.7. The molecule has 30 heavy (non-hydrogen) atoms. The number of imidazole rings is 1. The maximum absolute atomic E-state index is 13.3. The molecule has 4 aromatic rings. The fourth-order valence-electron chi connectivity index (χ4n) is 3.43. The number of hydrogen-bond acceptors (Lipinski definition) is 3. The lowest BCUT2D eigenvalue weighted by Crippen LogP contribution is -2.09. The van der Waals surface area contributed by atoms with E-state index in [0.29, 0.717) is 18.0 Å². The van der Waals surface area contributed by atoms with Crippen molar-refractivity contribution >= 4 is 17.1 Å². The Bertz CT molecular complexity index is 1180. The number of hydrogen-bond donors (Lipinski definition) is 0. The van der Waals surface area contributed by atoms with Crippen LogP contribution in [0.4, 0.5) is 4.39 Å². The van der Waals surface area contributed by atoms with Crippen LogP contribution in [0.5, 0.6) is 11.5 Å². The molecule has 1 aromatic heterocycles. The second-order valence-electron chi connectivity index (χ2n) is 6.93.